The summed E-state index contributed by atoms with van der Waals surface area (Å²) in [5, 5.41) is 18.0. The van der Waals surface area contributed by atoms with Gasteiger partial charge in [-0.3, -0.25) is 14.9 Å². The molecule has 144 valence electrons. The molecule has 0 bridgehead atoms. The predicted octanol–water partition coefficient (Wildman–Crippen LogP) is 2.58. The number of carbonyl (C=O) groups excluding carboxylic acids is 1. The monoisotopic (exact) mass is 392 g/mol. The van der Waals surface area contributed by atoms with Gasteiger partial charge < -0.3 is 5.32 Å². The van der Waals surface area contributed by atoms with Gasteiger partial charge >= 0.3 is 0 Å². The van der Waals surface area contributed by atoms with E-state index in [-0.39, 0.29) is 34.9 Å². The zero-order chi connectivity index (χ0) is 20.0. The molecule has 0 aliphatic carbocycles. The number of anilines is 1. The van der Waals surface area contributed by atoms with Crippen LogP contribution in [0.4, 0.5) is 11.5 Å². The molecule has 1 N–H and O–H groups in total. The Morgan fingerprint density at radius 1 is 1.26 bits per heavy atom. The standard InChI is InChI=1S/C17H20N4O5S/c1-17(2,3)8-15(22)18-16-13-9-27(25,26)10-14(13)19-20(16)11-4-6-12(7-5-11)21(23)24/h4-7H,8-10H2,1-3H3,(H,18,22). The highest BCUT2D eigenvalue weighted by Crippen LogP contribution is 2.33. The lowest BCUT2D eigenvalue weighted by molar-refractivity contribution is -0.384. The minimum atomic E-state index is -3.29. The van der Waals surface area contributed by atoms with Gasteiger partial charge in [0.25, 0.3) is 5.69 Å². The SMILES string of the molecule is CC(C)(C)CC(=O)Nc1c2c(nn1-c1ccc([N+](=O)[O-])cc1)CS(=O)(=O)C2. The molecule has 1 aliphatic rings. The highest BCUT2D eigenvalue weighted by atomic mass is 32.2. The number of nitro groups is 1. The first-order valence-corrected chi connectivity index (χ1v) is 10.1. The number of fused-ring (bicyclic) bond motifs is 1. The summed E-state index contributed by atoms with van der Waals surface area (Å²) in [7, 11) is -3.29. The number of nitrogens with one attached hydrogen (secondary N) is 1. The Bertz CT molecular complexity index is 1020. The van der Waals surface area contributed by atoms with Crippen molar-refractivity contribution in [3.63, 3.8) is 0 Å². The number of nitrogens with zero attached hydrogens (tertiary/aromatic N) is 3. The van der Waals surface area contributed by atoms with Crippen LogP contribution in [0.2, 0.25) is 0 Å². The number of aromatic nitrogens is 2. The van der Waals surface area contributed by atoms with E-state index in [1.54, 1.807) is 0 Å². The Morgan fingerprint density at radius 3 is 2.44 bits per heavy atom. The normalized spacial score (nSPS) is 15.4. The van der Waals surface area contributed by atoms with Gasteiger partial charge in [-0.25, -0.2) is 13.1 Å². The first-order valence-electron chi connectivity index (χ1n) is 8.31. The van der Waals surface area contributed by atoms with Crippen LogP contribution >= 0.6 is 0 Å². The van der Waals surface area contributed by atoms with Gasteiger partial charge in [0.15, 0.2) is 9.84 Å². The molecule has 1 amide bonds. The van der Waals surface area contributed by atoms with E-state index in [9.17, 15) is 23.3 Å². The van der Waals surface area contributed by atoms with Gasteiger partial charge in [0, 0.05) is 24.1 Å². The van der Waals surface area contributed by atoms with Crippen LogP contribution in [0.15, 0.2) is 24.3 Å². The summed E-state index contributed by atoms with van der Waals surface area (Å²) in [6.07, 6.45) is 0.250. The Hall–Kier alpha value is -2.75. The lowest BCUT2D eigenvalue weighted by Crippen LogP contribution is -2.22. The molecule has 1 aromatic heterocycles. The molecule has 27 heavy (non-hydrogen) atoms. The zero-order valence-electron chi connectivity index (χ0n) is 15.2. The number of carbonyl (C=O) groups is 1. The molecule has 0 saturated carbocycles. The van der Waals surface area contributed by atoms with E-state index in [1.165, 1.54) is 28.9 Å². The molecule has 9 nitrogen and oxygen atoms in total. The Kier molecular flexibility index (Phi) is 4.54. The van der Waals surface area contributed by atoms with Gasteiger partial charge in [-0.05, 0) is 17.5 Å². The maximum Gasteiger partial charge on any atom is 0.269 e. The van der Waals surface area contributed by atoms with Gasteiger partial charge in [-0.1, -0.05) is 20.8 Å². The molecule has 0 saturated heterocycles. The first kappa shape index (κ1) is 19.0. The van der Waals surface area contributed by atoms with Crippen LogP contribution in [0.5, 0.6) is 0 Å². The summed E-state index contributed by atoms with van der Waals surface area (Å²) in [5.74, 6) is -0.336. The van der Waals surface area contributed by atoms with Crippen LogP contribution in [0.1, 0.15) is 38.4 Å². The van der Waals surface area contributed by atoms with Crippen LogP contribution in [0.25, 0.3) is 5.69 Å². The molecule has 1 aliphatic heterocycles. The van der Waals surface area contributed by atoms with Crippen molar-refractivity contribution < 1.29 is 18.1 Å². The van der Waals surface area contributed by atoms with E-state index in [4.69, 9.17) is 0 Å². The lowest BCUT2D eigenvalue weighted by Gasteiger charge is -2.18. The van der Waals surface area contributed by atoms with E-state index in [1.807, 2.05) is 20.8 Å². The van der Waals surface area contributed by atoms with E-state index >= 15 is 0 Å². The van der Waals surface area contributed by atoms with Crippen molar-refractivity contribution in [3.8, 4) is 5.69 Å². The maximum atomic E-state index is 12.4. The molecule has 0 unspecified atom stereocenters. The van der Waals surface area contributed by atoms with Crippen molar-refractivity contribution in [2.75, 3.05) is 5.32 Å². The minimum absolute atomic E-state index is 0.0701. The molecule has 2 heterocycles. The molecule has 0 fully saturated rings. The molecule has 10 heteroatoms. The Balaban J connectivity index is 2.02. The number of sulfone groups is 1. The van der Waals surface area contributed by atoms with Crippen molar-refractivity contribution in [1.29, 1.82) is 0 Å². The number of amides is 1. The van der Waals surface area contributed by atoms with E-state index in [2.05, 4.69) is 10.4 Å². The Morgan fingerprint density at radius 2 is 1.89 bits per heavy atom. The number of hydrogen-bond donors (Lipinski definition) is 1. The fourth-order valence-electron chi connectivity index (χ4n) is 2.93. The van der Waals surface area contributed by atoms with Gasteiger partial charge in [0.1, 0.15) is 5.82 Å². The van der Waals surface area contributed by atoms with Crippen LogP contribution < -0.4 is 5.32 Å². The second-order valence-corrected chi connectivity index (χ2v) is 9.84. The molecule has 0 radical (unpaired) electrons. The van der Waals surface area contributed by atoms with Crippen molar-refractivity contribution >= 4 is 27.2 Å². The summed E-state index contributed by atoms with van der Waals surface area (Å²) >= 11 is 0. The number of nitro benzene ring substituents is 1. The average molecular weight is 392 g/mol. The van der Waals surface area contributed by atoms with Crippen molar-refractivity contribution in [2.24, 2.45) is 5.41 Å². The summed E-state index contributed by atoms with van der Waals surface area (Å²) in [6, 6.07) is 5.68. The van der Waals surface area contributed by atoms with E-state index in [0.717, 1.165) is 0 Å². The maximum absolute atomic E-state index is 12.4. The highest BCUT2D eigenvalue weighted by molar-refractivity contribution is 7.90. The Labute approximate surface area is 156 Å². The predicted molar refractivity (Wildman–Crippen MR) is 99.2 cm³/mol. The number of rotatable bonds is 4. The minimum Gasteiger partial charge on any atom is -0.310 e. The molecule has 3 rings (SSSR count). The van der Waals surface area contributed by atoms with Crippen molar-refractivity contribution in [3.05, 3.63) is 45.6 Å². The molecule has 0 spiro atoms. The zero-order valence-corrected chi connectivity index (χ0v) is 16.0. The third-order valence-corrected chi connectivity index (χ3v) is 5.48. The summed E-state index contributed by atoms with van der Waals surface area (Å²) in [4.78, 5) is 22.8. The lowest BCUT2D eigenvalue weighted by atomic mass is 9.92. The smallest absolute Gasteiger partial charge is 0.269 e. The molecule has 0 atom stereocenters. The fraction of sp³-hybridized carbons (Fsp3) is 0.412. The van der Waals surface area contributed by atoms with Crippen molar-refractivity contribution in [2.45, 2.75) is 38.7 Å². The van der Waals surface area contributed by atoms with Crippen LogP contribution in [-0.4, -0.2) is 29.0 Å². The summed E-state index contributed by atoms with van der Waals surface area (Å²) in [6.45, 7) is 5.78. The molecular formula is C17H20N4O5S. The summed E-state index contributed by atoms with van der Waals surface area (Å²) < 4.78 is 25.3. The average Bonchev–Trinajstić information content (AvgIpc) is 2.98. The summed E-state index contributed by atoms with van der Waals surface area (Å²) in [5.41, 5.74) is 1.05. The van der Waals surface area contributed by atoms with Gasteiger partial charge in [-0.15, -0.1) is 0 Å². The van der Waals surface area contributed by atoms with Crippen LogP contribution in [-0.2, 0) is 26.1 Å². The third kappa shape index (κ3) is 4.16. The largest absolute Gasteiger partial charge is 0.310 e. The van der Waals surface area contributed by atoms with Crippen molar-refractivity contribution in [1.82, 2.24) is 9.78 Å². The second-order valence-electron chi connectivity index (χ2n) is 7.78. The van der Waals surface area contributed by atoms with Gasteiger partial charge in [0.05, 0.1) is 27.8 Å². The topological polar surface area (TPSA) is 124 Å². The first-order chi connectivity index (χ1) is 12.5. The number of hydrogen-bond acceptors (Lipinski definition) is 6. The van der Waals surface area contributed by atoms with E-state index < -0.39 is 14.8 Å². The second kappa shape index (κ2) is 6.45. The van der Waals surface area contributed by atoms with Gasteiger partial charge in [0.2, 0.25) is 5.91 Å². The molecule has 1 aromatic carbocycles. The highest BCUT2D eigenvalue weighted by Gasteiger charge is 2.33. The molecular weight excluding hydrogens is 372 g/mol. The molecule has 2 aromatic rings. The van der Waals surface area contributed by atoms with Crippen LogP contribution in [0.3, 0.4) is 0 Å². The van der Waals surface area contributed by atoms with Crippen LogP contribution in [0, 0.1) is 15.5 Å². The number of non-ortho nitro benzene ring substituents is 1. The quantitative estimate of drug-likeness (QED) is 0.630. The van der Waals surface area contributed by atoms with Gasteiger partial charge in [-0.2, -0.15) is 5.10 Å². The van der Waals surface area contributed by atoms with E-state index in [0.29, 0.717) is 22.8 Å². The fourth-order valence-corrected chi connectivity index (χ4v) is 4.42. The third-order valence-electron chi connectivity index (χ3n) is 4.04. The number of benzene rings is 1.